The quantitative estimate of drug-likeness (QED) is 0.624. The Balaban J connectivity index is 1.19. The summed E-state index contributed by atoms with van der Waals surface area (Å²) in [5, 5.41) is 0. The van der Waals surface area contributed by atoms with E-state index in [0.29, 0.717) is 0 Å². The van der Waals surface area contributed by atoms with Crippen LogP contribution >= 0.6 is 0 Å². The molecule has 0 unspecified atom stereocenters. The summed E-state index contributed by atoms with van der Waals surface area (Å²) in [5.74, 6) is 1.27. The molecular weight excluding hydrogens is 410 g/mol. The zero-order valence-electron chi connectivity index (χ0n) is 17.9. The Morgan fingerprint density at radius 1 is 0.531 bits per heavy atom. The van der Waals surface area contributed by atoms with Crippen LogP contribution in [-0.2, 0) is 0 Å². The molecule has 1 aromatic heterocycles. The number of anilines is 4. The van der Waals surface area contributed by atoms with Gasteiger partial charge in [-0.3, -0.25) is 0 Å². The lowest BCUT2D eigenvalue weighted by Crippen LogP contribution is -2.48. The minimum atomic E-state index is -0.212. The molecule has 0 aliphatic carbocycles. The Bertz CT molecular complexity index is 946. The molecule has 6 nitrogen and oxygen atoms in total. The lowest BCUT2D eigenvalue weighted by atomic mass is 10.2. The van der Waals surface area contributed by atoms with E-state index in [1.807, 2.05) is 36.5 Å². The third-order valence-electron chi connectivity index (χ3n) is 6.18. The Morgan fingerprint density at radius 2 is 0.969 bits per heavy atom. The van der Waals surface area contributed by atoms with Crippen molar-refractivity contribution >= 4 is 23.1 Å². The summed E-state index contributed by atoms with van der Waals surface area (Å²) in [6.45, 7) is 6.75. The van der Waals surface area contributed by atoms with E-state index in [1.165, 1.54) is 24.3 Å². The van der Waals surface area contributed by atoms with Gasteiger partial charge in [0.1, 0.15) is 17.5 Å². The standard InChI is InChI=1S/C24H26F2N6/c25-19-1-5-21(6-2-19)29-11-15-31(16-12-29)23-9-10-27-24(28-23)32-17-13-30(14-18-32)22-7-3-20(26)4-8-22/h1-10H,11-18H2. The van der Waals surface area contributed by atoms with E-state index in [2.05, 4.69) is 24.6 Å². The van der Waals surface area contributed by atoms with Crippen molar-refractivity contribution in [3.63, 3.8) is 0 Å². The molecule has 0 amide bonds. The fourth-order valence-corrected chi connectivity index (χ4v) is 4.33. The van der Waals surface area contributed by atoms with Crippen molar-refractivity contribution in [1.82, 2.24) is 9.97 Å². The largest absolute Gasteiger partial charge is 0.368 e. The molecule has 166 valence electrons. The maximum atomic E-state index is 13.2. The summed E-state index contributed by atoms with van der Waals surface area (Å²) in [4.78, 5) is 18.4. The van der Waals surface area contributed by atoms with Gasteiger partial charge in [-0.15, -0.1) is 0 Å². The van der Waals surface area contributed by atoms with Gasteiger partial charge in [-0.1, -0.05) is 0 Å². The fraction of sp³-hybridized carbons (Fsp3) is 0.333. The smallest absolute Gasteiger partial charge is 0.227 e. The summed E-state index contributed by atoms with van der Waals surface area (Å²) < 4.78 is 26.4. The van der Waals surface area contributed by atoms with Gasteiger partial charge < -0.3 is 19.6 Å². The highest BCUT2D eigenvalue weighted by Crippen LogP contribution is 2.22. The average molecular weight is 437 g/mol. The van der Waals surface area contributed by atoms with Crippen molar-refractivity contribution < 1.29 is 8.78 Å². The Morgan fingerprint density at radius 3 is 1.47 bits per heavy atom. The second kappa shape index (κ2) is 8.98. The number of aromatic nitrogens is 2. The van der Waals surface area contributed by atoms with Crippen molar-refractivity contribution in [3.8, 4) is 0 Å². The van der Waals surface area contributed by atoms with Gasteiger partial charge in [0.15, 0.2) is 0 Å². The molecule has 0 radical (unpaired) electrons. The van der Waals surface area contributed by atoms with Crippen LogP contribution in [0.4, 0.5) is 31.9 Å². The summed E-state index contributed by atoms with van der Waals surface area (Å²) in [5.41, 5.74) is 2.09. The molecule has 0 saturated carbocycles. The number of rotatable bonds is 4. The minimum Gasteiger partial charge on any atom is -0.368 e. The summed E-state index contributed by atoms with van der Waals surface area (Å²) in [6.07, 6.45) is 1.83. The molecular formula is C24H26F2N6. The topological polar surface area (TPSA) is 38.7 Å². The first-order chi connectivity index (χ1) is 15.7. The first-order valence-electron chi connectivity index (χ1n) is 11.0. The molecule has 32 heavy (non-hydrogen) atoms. The summed E-state index contributed by atoms with van der Waals surface area (Å²) in [6, 6.07) is 15.3. The van der Waals surface area contributed by atoms with E-state index in [-0.39, 0.29) is 11.6 Å². The molecule has 0 N–H and O–H groups in total. The van der Waals surface area contributed by atoms with Crippen molar-refractivity contribution in [2.75, 3.05) is 72.0 Å². The van der Waals surface area contributed by atoms with Gasteiger partial charge in [0, 0.05) is 69.9 Å². The van der Waals surface area contributed by atoms with Gasteiger partial charge in [0.25, 0.3) is 0 Å². The molecule has 2 aliphatic heterocycles. The predicted octanol–water partition coefficient (Wildman–Crippen LogP) is 3.41. The van der Waals surface area contributed by atoms with E-state index in [0.717, 1.165) is 75.5 Å². The first-order valence-corrected chi connectivity index (χ1v) is 11.0. The van der Waals surface area contributed by atoms with Crippen LogP contribution in [0.2, 0.25) is 0 Å². The highest BCUT2D eigenvalue weighted by Gasteiger charge is 2.22. The van der Waals surface area contributed by atoms with Crippen molar-refractivity contribution in [3.05, 3.63) is 72.4 Å². The fourth-order valence-electron chi connectivity index (χ4n) is 4.33. The Kier molecular flexibility index (Phi) is 5.75. The molecule has 2 fully saturated rings. The number of benzene rings is 2. The summed E-state index contributed by atoms with van der Waals surface area (Å²) in [7, 11) is 0. The molecule has 2 saturated heterocycles. The van der Waals surface area contributed by atoms with E-state index in [9.17, 15) is 8.78 Å². The normalized spacial score (nSPS) is 17.1. The molecule has 2 aromatic carbocycles. The molecule has 0 atom stereocenters. The third-order valence-corrected chi connectivity index (χ3v) is 6.18. The van der Waals surface area contributed by atoms with E-state index >= 15 is 0 Å². The van der Waals surface area contributed by atoms with Gasteiger partial charge in [0.2, 0.25) is 5.95 Å². The predicted molar refractivity (Wildman–Crippen MR) is 124 cm³/mol. The van der Waals surface area contributed by atoms with Gasteiger partial charge in [0.05, 0.1) is 0 Å². The third kappa shape index (κ3) is 4.44. The molecule has 8 heteroatoms. The van der Waals surface area contributed by atoms with Crippen LogP contribution in [0, 0.1) is 11.6 Å². The number of hydrogen-bond acceptors (Lipinski definition) is 6. The lowest BCUT2D eigenvalue weighted by molar-refractivity contribution is 0.620. The zero-order chi connectivity index (χ0) is 21.9. The second-order valence-corrected chi connectivity index (χ2v) is 8.12. The van der Waals surface area contributed by atoms with Crippen molar-refractivity contribution in [1.29, 1.82) is 0 Å². The SMILES string of the molecule is Fc1ccc(N2CCN(c3ccnc(N4CCN(c5ccc(F)cc5)CC4)n3)CC2)cc1. The number of halogens is 2. The van der Waals surface area contributed by atoms with Gasteiger partial charge >= 0.3 is 0 Å². The van der Waals surface area contributed by atoms with Crippen LogP contribution in [-0.4, -0.2) is 62.3 Å². The molecule has 5 rings (SSSR count). The maximum Gasteiger partial charge on any atom is 0.227 e. The molecule has 2 aliphatic rings. The molecule has 3 aromatic rings. The number of piperazine rings is 2. The van der Waals surface area contributed by atoms with Gasteiger partial charge in [-0.2, -0.15) is 4.98 Å². The van der Waals surface area contributed by atoms with E-state index in [4.69, 9.17) is 4.98 Å². The van der Waals surface area contributed by atoms with E-state index < -0.39 is 0 Å². The zero-order valence-corrected chi connectivity index (χ0v) is 17.9. The van der Waals surface area contributed by atoms with Crippen molar-refractivity contribution in [2.24, 2.45) is 0 Å². The van der Waals surface area contributed by atoms with Crippen LogP contribution in [0.5, 0.6) is 0 Å². The van der Waals surface area contributed by atoms with E-state index in [1.54, 1.807) is 0 Å². The van der Waals surface area contributed by atoms with Crippen LogP contribution < -0.4 is 19.6 Å². The maximum absolute atomic E-state index is 13.2. The highest BCUT2D eigenvalue weighted by atomic mass is 19.1. The molecule has 0 bridgehead atoms. The van der Waals surface area contributed by atoms with Gasteiger partial charge in [-0.05, 0) is 54.6 Å². The number of hydrogen-bond donors (Lipinski definition) is 0. The monoisotopic (exact) mass is 436 g/mol. The van der Waals surface area contributed by atoms with Crippen LogP contribution in [0.25, 0.3) is 0 Å². The van der Waals surface area contributed by atoms with Gasteiger partial charge in [-0.25, -0.2) is 13.8 Å². The van der Waals surface area contributed by atoms with Crippen LogP contribution in [0.15, 0.2) is 60.8 Å². The minimum absolute atomic E-state index is 0.209. The first kappa shape index (κ1) is 20.5. The van der Waals surface area contributed by atoms with Crippen LogP contribution in [0.1, 0.15) is 0 Å². The lowest BCUT2D eigenvalue weighted by Gasteiger charge is -2.38. The second-order valence-electron chi connectivity index (χ2n) is 8.12. The number of nitrogens with zero attached hydrogens (tertiary/aromatic N) is 6. The average Bonchev–Trinajstić information content (AvgIpc) is 2.85. The van der Waals surface area contributed by atoms with Crippen LogP contribution in [0.3, 0.4) is 0 Å². The Hall–Kier alpha value is -3.42. The summed E-state index contributed by atoms with van der Waals surface area (Å²) >= 11 is 0. The van der Waals surface area contributed by atoms with Crippen molar-refractivity contribution in [2.45, 2.75) is 0 Å². The molecule has 0 spiro atoms. The molecule has 3 heterocycles. The Labute approximate surface area is 186 Å². The highest BCUT2D eigenvalue weighted by molar-refractivity contribution is 5.52.